The first kappa shape index (κ1) is 18.8. The van der Waals surface area contributed by atoms with Gasteiger partial charge in [0.1, 0.15) is 23.4 Å². The Bertz CT molecular complexity index is 811. The fraction of sp³-hybridized carbons (Fsp3) is 0.474. The van der Waals surface area contributed by atoms with Crippen LogP contribution in [0.25, 0.3) is 0 Å². The fourth-order valence-corrected chi connectivity index (χ4v) is 3.69. The second-order valence-electron chi connectivity index (χ2n) is 7.26. The van der Waals surface area contributed by atoms with Crippen molar-refractivity contribution in [1.29, 1.82) is 5.26 Å². The molecule has 0 radical (unpaired) electrons. The van der Waals surface area contributed by atoms with Gasteiger partial charge in [-0.05, 0) is 37.5 Å². The monoisotopic (exact) mass is 372 g/mol. The molecule has 1 unspecified atom stereocenters. The van der Waals surface area contributed by atoms with Crippen LogP contribution in [0.15, 0.2) is 24.3 Å². The van der Waals surface area contributed by atoms with E-state index in [4.69, 9.17) is 0 Å². The lowest BCUT2D eigenvalue weighted by molar-refractivity contribution is -0.135. The number of rotatable bonds is 4. The standard InChI is InChI=1S/C19H21FN4O3/c1-18(13-5-7-14(20)8-6-13)16(26)24(17(27)23-18)11-15(25)22-19(12-21)9-3-2-4-10-19/h5-8H,2-4,9-11H2,1H3,(H,22,25)(H,23,27). The van der Waals surface area contributed by atoms with Crippen molar-refractivity contribution in [2.24, 2.45) is 0 Å². The number of benzene rings is 1. The maximum Gasteiger partial charge on any atom is 0.325 e. The van der Waals surface area contributed by atoms with E-state index in [1.54, 1.807) is 0 Å². The third-order valence-corrected chi connectivity index (χ3v) is 5.30. The zero-order valence-electron chi connectivity index (χ0n) is 15.0. The summed E-state index contributed by atoms with van der Waals surface area (Å²) in [5.41, 5.74) is -1.89. The average molecular weight is 372 g/mol. The van der Waals surface area contributed by atoms with Crippen molar-refractivity contribution >= 4 is 17.8 Å². The van der Waals surface area contributed by atoms with E-state index in [1.807, 2.05) is 0 Å². The zero-order chi connectivity index (χ0) is 19.7. The Kier molecular flexibility index (Phi) is 4.87. The van der Waals surface area contributed by atoms with Crippen molar-refractivity contribution < 1.29 is 18.8 Å². The summed E-state index contributed by atoms with van der Waals surface area (Å²) in [7, 11) is 0. The molecular formula is C19H21FN4O3. The molecular weight excluding hydrogens is 351 g/mol. The van der Waals surface area contributed by atoms with E-state index >= 15 is 0 Å². The van der Waals surface area contributed by atoms with E-state index in [1.165, 1.54) is 31.2 Å². The van der Waals surface area contributed by atoms with Gasteiger partial charge >= 0.3 is 6.03 Å². The molecule has 2 N–H and O–H groups in total. The number of nitriles is 1. The van der Waals surface area contributed by atoms with Gasteiger partial charge in [0.2, 0.25) is 5.91 Å². The normalized spacial score (nSPS) is 24.3. The Morgan fingerprint density at radius 3 is 2.48 bits per heavy atom. The molecule has 1 aliphatic heterocycles. The van der Waals surface area contributed by atoms with E-state index in [0.29, 0.717) is 18.4 Å². The van der Waals surface area contributed by atoms with Crippen LogP contribution in [0, 0.1) is 17.1 Å². The van der Waals surface area contributed by atoms with E-state index < -0.39 is 41.3 Å². The van der Waals surface area contributed by atoms with Crippen molar-refractivity contribution in [3.8, 4) is 6.07 Å². The molecule has 0 bridgehead atoms. The minimum atomic E-state index is -1.37. The zero-order valence-corrected chi connectivity index (χ0v) is 15.0. The lowest BCUT2D eigenvalue weighted by Gasteiger charge is -2.32. The van der Waals surface area contributed by atoms with E-state index in [9.17, 15) is 24.0 Å². The number of imide groups is 1. The van der Waals surface area contributed by atoms with E-state index in [2.05, 4.69) is 16.7 Å². The Balaban J connectivity index is 1.73. The Labute approximate surface area is 156 Å². The van der Waals surface area contributed by atoms with Crippen LogP contribution in [0.2, 0.25) is 0 Å². The lowest BCUT2D eigenvalue weighted by atomic mass is 9.83. The molecule has 7 nitrogen and oxygen atoms in total. The molecule has 1 atom stereocenters. The van der Waals surface area contributed by atoms with Crippen LogP contribution in [0.4, 0.5) is 9.18 Å². The van der Waals surface area contributed by atoms with Gasteiger partial charge in [0.05, 0.1) is 6.07 Å². The van der Waals surface area contributed by atoms with Crippen LogP contribution >= 0.6 is 0 Å². The number of hydrogen-bond donors (Lipinski definition) is 2. The SMILES string of the molecule is CC1(c2ccc(F)cc2)NC(=O)N(CC(=O)NC2(C#N)CCCCC2)C1=O. The van der Waals surface area contributed by atoms with Gasteiger partial charge in [-0.15, -0.1) is 0 Å². The molecule has 3 rings (SSSR count). The third-order valence-electron chi connectivity index (χ3n) is 5.30. The minimum Gasteiger partial charge on any atom is -0.336 e. The topological polar surface area (TPSA) is 102 Å². The fourth-order valence-electron chi connectivity index (χ4n) is 3.69. The molecule has 2 fully saturated rings. The molecule has 1 aromatic rings. The molecule has 8 heteroatoms. The molecule has 27 heavy (non-hydrogen) atoms. The summed E-state index contributed by atoms with van der Waals surface area (Å²) < 4.78 is 13.2. The molecule has 4 amide bonds. The summed E-state index contributed by atoms with van der Waals surface area (Å²) in [5.74, 6) is -1.60. The van der Waals surface area contributed by atoms with Gasteiger partial charge in [0.25, 0.3) is 5.91 Å². The van der Waals surface area contributed by atoms with Crippen LogP contribution in [0.1, 0.15) is 44.6 Å². The van der Waals surface area contributed by atoms with Gasteiger partial charge in [-0.2, -0.15) is 5.26 Å². The highest BCUT2D eigenvalue weighted by molar-refractivity contribution is 6.09. The Morgan fingerprint density at radius 2 is 1.89 bits per heavy atom. The highest BCUT2D eigenvalue weighted by Crippen LogP contribution is 2.30. The molecule has 1 saturated carbocycles. The molecule has 1 saturated heterocycles. The van der Waals surface area contributed by atoms with Crippen molar-refractivity contribution in [1.82, 2.24) is 15.5 Å². The predicted molar refractivity (Wildman–Crippen MR) is 93.6 cm³/mol. The highest BCUT2D eigenvalue weighted by Gasteiger charge is 2.49. The highest BCUT2D eigenvalue weighted by atomic mass is 19.1. The number of carbonyl (C=O) groups is 3. The number of urea groups is 1. The molecule has 1 aromatic carbocycles. The third kappa shape index (κ3) is 3.50. The smallest absolute Gasteiger partial charge is 0.325 e. The van der Waals surface area contributed by atoms with Gasteiger partial charge in [0.15, 0.2) is 0 Å². The summed E-state index contributed by atoms with van der Waals surface area (Å²) in [5, 5.41) is 14.7. The van der Waals surface area contributed by atoms with Crippen LogP contribution in [0.3, 0.4) is 0 Å². The molecule has 1 aliphatic carbocycles. The summed E-state index contributed by atoms with van der Waals surface area (Å²) in [4.78, 5) is 38.4. The van der Waals surface area contributed by atoms with Crippen LogP contribution in [-0.4, -0.2) is 34.8 Å². The minimum absolute atomic E-state index is 0.422. The maximum atomic E-state index is 13.2. The average Bonchev–Trinajstić information content (AvgIpc) is 2.87. The lowest BCUT2D eigenvalue weighted by Crippen LogP contribution is -2.52. The van der Waals surface area contributed by atoms with Crippen molar-refractivity contribution in [2.45, 2.75) is 50.1 Å². The number of carbonyl (C=O) groups excluding carboxylic acids is 3. The summed E-state index contributed by atoms with van der Waals surface area (Å²) in [6.45, 7) is 1.04. The molecule has 2 aliphatic rings. The van der Waals surface area contributed by atoms with Crippen molar-refractivity contribution in [3.63, 3.8) is 0 Å². The summed E-state index contributed by atoms with van der Waals surface area (Å²) in [6.07, 6.45) is 3.83. The second-order valence-corrected chi connectivity index (χ2v) is 7.26. The van der Waals surface area contributed by atoms with Crippen LogP contribution < -0.4 is 10.6 Å². The Hall–Kier alpha value is -2.95. The van der Waals surface area contributed by atoms with Gasteiger partial charge in [-0.1, -0.05) is 31.4 Å². The van der Waals surface area contributed by atoms with Crippen molar-refractivity contribution in [2.75, 3.05) is 6.54 Å². The van der Waals surface area contributed by atoms with Crippen LogP contribution in [0.5, 0.6) is 0 Å². The van der Waals surface area contributed by atoms with E-state index in [-0.39, 0.29) is 0 Å². The molecule has 142 valence electrons. The first-order valence-electron chi connectivity index (χ1n) is 8.92. The number of hydrogen-bond acceptors (Lipinski definition) is 4. The summed E-state index contributed by atoms with van der Waals surface area (Å²) in [6, 6.07) is 6.72. The van der Waals surface area contributed by atoms with E-state index in [0.717, 1.165) is 24.2 Å². The molecule has 0 aromatic heterocycles. The maximum absolute atomic E-state index is 13.2. The first-order chi connectivity index (χ1) is 12.8. The van der Waals surface area contributed by atoms with Crippen LogP contribution in [-0.2, 0) is 15.1 Å². The van der Waals surface area contributed by atoms with Crippen molar-refractivity contribution in [3.05, 3.63) is 35.6 Å². The van der Waals surface area contributed by atoms with Gasteiger partial charge < -0.3 is 10.6 Å². The Morgan fingerprint density at radius 1 is 1.26 bits per heavy atom. The number of nitrogens with zero attached hydrogens (tertiary/aromatic N) is 2. The van der Waals surface area contributed by atoms with Gasteiger partial charge in [0, 0.05) is 0 Å². The number of amides is 4. The number of halogens is 1. The second kappa shape index (κ2) is 6.99. The molecule has 1 heterocycles. The number of nitrogens with one attached hydrogen (secondary N) is 2. The first-order valence-corrected chi connectivity index (χ1v) is 8.92. The largest absolute Gasteiger partial charge is 0.336 e. The predicted octanol–water partition coefficient (Wildman–Crippen LogP) is 1.94. The summed E-state index contributed by atoms with van der Waals surface area (Å²) >= 11 is 0. The van der Waals surface area contributed by atoms with Gasteiger partial charge in [-0.25, -0.2) is 9.18 Å². The quantitative estimate of drug-likeness (QED) is 0.789. The van der Waals surface area contributed by atoms with Gasteiger partial charge in [-0.3, -0.25) is 14.5 Å². The molecule has 0 spiro atoms.